The summed E-state index contributed by atoms with van der Waals surface area (Å²) in [7, 11) is 0. The van der Waals surface area contributed by atoms with Crippen LogP contribution in [0.5, 0.6) is 0 Å². The van der Waals surface area contributed by atoms with Gasteiger partial charge < -0.3 is 10.1 Å². The molecule has 1 aliphatic rings. The summed E-state index contributed by atoms with van der Waals surface area (Å²) in [4.78, 5) is 0. The van der Waals surface area contributed by atoms with Crippen LogP contribution in [0.25, 0.3) is 0 Å². The zero-order valence-electron chi connectivity index (χ0n) is 11.9. The van der Waals surface area contributed by atoms with Gasteiger partial charge in [0.05, 0.1) is 12.3 Å². The van der Waals surface area contributed by atoms with E-state index in [1.54, 1.807) is 0 Å². The highest BCUT2D eigenvalue weighted by molar-refractivity contribution is 5.13. The lowest BCUT2D eigenvalue weighted by atomic mass is 9.81. The highest BCUT2D eigenvalue weighted by Crippen LogP contribution is 2.34. The van der Waals surface area contributed by atoms with E-state index < -0.39 is 0 Å². The van der Waals surface area contributed by atoms with Gasteiger partial charge in [0.15, 0.2) is 0 Å². The standard InChI is InChI=1S/C14H25N3O/c1-10-12(9-16-17-10)8-15-7-11-5-6-18-13(11)14(2,3)4/h9,11,13,15H,5-8H2,1-4H3,(H,16,17)/t11-,13+/m1/s1. The normalized spacial score (nSPS) is 24.7. The van der Waals surface area contributed by atoms with Crippen molar-refractivity contribution in [3.05, 3.63) is 17.5 Å². The van der Waals surface area contributed by atoms with Crippen molar-refractivity contribution in [3.8, 4) is 0 Å². The van der Waals surface area contributed by atoms with Crippen LogP contribution in [-0.4, -0.2) is 29.5 Å². The van der Waals surface area contributed by atoms with Crippen LogP contribution in [0.3, 0.4) is 0 Å². The van der Waals surface area contributed by atoms with Crippen LogP contribution in [-0.2, 0) is 11.3 Å². The first-order valence-electron chi connectivity index (χ1n) is 6.79. The molecule has 102 valence electrons. The number of H-pyrrole nitrogens is 1. The Bertz CT molecular complexity index is 381. The molecule has 4 heteroatoms. The van der Waals surface area contributed by atoms with Gasteiger partial charge >= 0.3 is 0 Å². The fourth-order valence-corrected chi connectivity index (χ4v) is 2.75. The van der Waals surface area contributed by atoms with E-state index in [9.17, 15) is 0 Å². The molecule has 0 amide bonds. The van der Waals surface area contributed by atoms with E-state index in [1.807, 2.05) is 6.20 Å². The molecule has 1 aromatic heterocycles. The predicted octanol–water partition coefficient (Wildman–Crippen LogP) is 2.26. The smallest absolute Gasteiger partial charge is 0.0664 e. The zero-order chi connectivity index (χ0) is 13.2. The molecule has 1 fully saturated rings. The van der Waals surface area contributed by atoms with Crippen LogP contribution in [0.1, 0.15) is 38.4 Å². The molecule has 2 rings (SSSR count). The van der Waals surface area contributed by atoms with Gasteiger partial charge in [0.2, 0.25) is 0 Å². The van der Waals surface area contributed by atoms with Gasteiger partial charge in [0.25, 0.3) is 0 Å². The molecule has 0 aliphatic carbocycles. The molecular weight excluding hydrogens is 226 g/mol. The fraction of sp³-hybridized carbons (Fsp3) is 0.786. The first kappa shape index (κ1) is 13.6. The lowest BCUT2D eigenvalue weighted by Gasteiger charge is -2.31. The average Bonchev–Trinajstić information content (AvgIpc) is 2.87. The van der Waals surface area contributed by atoms with Crippen LogP contribution in [0.15, 0.2) is 6.20 Å². The second kappa shape index (κ2) is 5.41. The molecule has 0 unspecified atom stereocenters. The van der Waals surface area contributed by atoms with Crippen molar-refractivity contribution >= 4 is 0 Å². The van der Waals surface area contributed by atoms with Crippen LogP contribution in [0.2, 0.25) is 0 Å². The molecule has 18 heavy (non-hydrogen) atoms. The van der Waals surface area contributed by atoms with Gasteiger partial charge in [-0.3, -0.25) is 5.10 Å². The minimum atomic E-state index is 0.231. The van der Waals surface area contributed by atoms with E-state index in [4.69, 9.17) is 4.74 Å². The SMILES string of the molecule is Cc1[nH]ncc1CNC[C@H]1CCO[C@@H]1C(C)(C)C. The van der Waals surface area contributed by atoms with Gasteiger partial charge in [-0.1, -0.05) is 20.8 Å². The van der Waals surface area contributed by atoms with Gasteiger partial charge in [-0.25, -0.2) is 0 Å². The average molecular weight is 251 g/mol. The Morgan fingerprint density at radius 3 is 2.89 bits per heavy atom. The summed E-state index contributed by atoms with van der Waals surface area (Å²) < 4.78 is 5.88. The van der Waals surface area contributed by atoms with Gasteiger partial charge in [0.1, 0.15) is 0 Å². The third kappa shape index (κ3) is 3.12. The minimum Gasteiger partial charge on any atom is -0.377 e. The predicted molar refractivity (Wildman–Crippen MR) is 72.3 cm³/mol. The van der Waals surface area contributed by atoms with Crippen molar-refractivity contribution in [3.63, 3.8) is 0 Å². The van der Waals surface area contributed by atoms with E-state index in [0.29, 0.717) is 12.0 Å². The lowest BCUT2D eigenvalue weighted by molar-refractivity contribution is 0.00721. The van der Waals surface area contributed by atoms with E-state index in [1.165, 1.54) is 12.0 Å². The van der Waals surface area contributed by atoms with E-state index in [-0.39, 0.29) is 5.41 Å². The van der Waals surface area contributed by atoms with Gasteiger partial charge in [-0.2, -0.15) is 5.10 Å². The number of aromatic nitrogens is 2. The summed E-state index contributed by atoms with van der Waals surface area (Å²) >= 11 is 0. The van der Waals surface area contributed by atoms with Gasteiger partial charge in [0, 0.05) is 36.9 Å². The molecule has 0 radical (unpaired) electrons. The Kier molecular flexibility index (Phi) is 4.07. The van der Waals surface area contributed by atoms with Crippen molar-refractivity contribution < 1.29 is 4.74 Å². The molecule has 1 saturated heterocycles. The van der Waals surface area contributed by atoms with Gasteiger partial charge in [-0.15, -0.1) is 0 Å². The fourth-order valence-electron chi connectivity index (χ4n) is 2.75. The number of ether oxygens (including phenoxy) is 1. The summed E-state index contributed by atoms with van der Waals surface area (Å²) in [6.45, 7) is 11.6. The van der Waals surface area contributed by atoms with Gasteiger partial charge in [-0.05, 0) is 18.8 Å². The topological polar surface area (TPSA) is 49.9 Å². The number of rotatable bonds is 4. The summed E-state index contributed by atoms with van der Waals surface area (Å²) in [5.74, 6) is 0.622. The Balaban J connectivity index is 1.81. The van der Waals surface area contributed by atoms with E-state index in [2.05, 4.69) is 43.2 Å². The molecule has 0 spiro atoms. The highest BCUT2D eigenvalue weighted by Gasteiger charge is 2.36. The number of hydrogen-bond donors (Lipinski definition) is 2. The number of nitrogens with zero attached hydrogens (tertiary/aromatic N) is 1. The second-order valence-corrected chi connectivity index (χ2v) is 6.36. The summed E-state index contributed by atoms with van der Waals surface area (Å²) in [6, 6.07) is 0. The summed E-state index contributed by atoms with van der Waals surface area (Å²) in [6.07, 6.45) is 3.43. The van der Waals surface area contributed by atoms with E-state index >= 15 is 0 Å². The van der Waals surface area contributed by atoms with Crippen molar-refractivity contribution in [2.24, 2.45) is 11.3 Å². The molecule has 2 heterocycles. The monoisotopic (exact) mass is 251 g/mol. The third-order valence-corrected chi connectivity index (χ3v) is 3.72. The number of aryl methyl sites for hydroxylation is 1. The summed E-state index contributed by atoms with van der Waals surface area (Å²) in [5, 5.41) is 10.5. The number of aromatic amines is 1. The number of nitrogens with one attached hydrogen (secondary N) is 2. The lowest BCUT2D eigenvalue weighted by Crippen LogP contribution is -2.36. The Morgan fingerprint density at radius 1 is 1.50 bits per heavy atom. The highest BCUT2D eigenvalue weighted by atomic mass is 16.5. The molecule has 2 atom stereocenters. The Hall–Kier alpha value is -0.870. The molecule has 0 saturated carbocycles. The maximum absolute atomic E-state index is 5.88. The Labute approximate surface area is 110 Å². The zero-order valence-corrected chi connectivity index (χ0v) is 11.9. The van der Waals surface area contributed by atoms with Crippen LogP contribution in [0.4, 0.5) is 0 Å². The van der Waals surface area contributed by atoms with Crippen LogP contribution >= 0.6 is 0 Å². The molecule has 4 nitrogen and oxygen atoms in total. The first-order chi connectivity index (χ1) is 8.48. The second-order valence-electron chi connectivity index (χ2n) is 6.36. The molecule has 1 aromatic rings. The minimum absolute atomic E-state index is 0.231. The van der Waals surface area contributed by atoms with Crippen molar-refractivity contribution in [2.75, 3.05) is 13.2 Å². The maximum Gasteiger partial charge on any atom is 0.0664 e. The first-order valence-corrected chi connectivity index (χ1v) is 6.79. The summed E-state index contributed by atoms with van der Waals surface area (Å²) in [5.41, 5.74) is 2.63. The van der Waals surface area contributed by atoms with E-state index in [0.717, 1.165) is 25.4 Å². The molecule has 1 aliphatic heterocycles. The quantitative estimate of drug-likeness (QED) is 0.863. The van der Waals surface area contributed by atoms with Crippen LogP contribution in [0, 0.1) is 18.3 Å². The molecular formula is C14H25N3O. The molecule has 0 bridgehead atoms. The van der Waals surface area contributed by atoms with Crippen molar-refractivity contribution in [1.29, 1.82) is 0 Å². The molecule has 0 aromatic carbocycles. The van der Waals surface area contributed by atoms with Crippen molar-refractivity contribution in [1.82, 2.24) is 15.5 Å². The van der Waals surface area contributed by atoms with Crippen molar-refractivity contribution in [2.45, 2.75) is 46.8 Å². The number of hydrogen-bond acceptors (Lipinski definition) is 3. The van der Waals surface area contributed by atoms with Crippen LogP contribution < -0.4 is 5.32 Å². The molecule has 2 N–H and O–H groups in total. The maximum atomic E-state index is 5.88. The largest absolute Gasteiger partial charge is 0.377 e. The third-order valence-electron chi connectivity index (χ3n) is 3.72. The Morgan fingerprint density at radius 2 is 2.28 bits per heavy atom.